The van der Waals surface area contributed by atoms with Gasteiger partial charge in [0, 0.05) is 0 Å². The summed E-state index contributed by atoms with van der Waals surface area (Å²) in [5.74, 6) is 1.76. The Morgan fingerprint density at radius 2 is 1.62 bits per heavy atom. The minimum atomic E-state index is -0.701. The molecular formula is C11H21FO. The van der Waals surface area contributed by atoms with Gasteiger partial charge in [-0.3, -0.25) is 0 Å². The third-order valence-electron chi connectivity index (χ3n) is 3.46. The normalized spacial score (nSPS) is 32.1. The molecule has 0 aromatic heterocycles. The van der Waals surface area contributed by atoms with Crippen LogP contribution in [0.4, 0.5) is 4.39 Å². The van der Waals surface area contributed by atoms with E-state index in [1.807, 2.05) is 0 Å². The van der Waals surface area contributed by atoms with Crippen molar-refractivity contribution >= 4 is 0 Å². The van der Waals surface area contributed by atoms with Crippen LogP contribution in [0.1, 0.15) is 39.5 Å². The average molecular weight is 188 g/mol. The molecule has 0 aromatic carbocycles. The van der Waals surface area contributed by atoms with Crippen molar-refractivity contribution in [1.82, 2.24) is 0 Å². The van der Waals surface area contributed by atoms with Gasteiger partial charge < -0.3 is 5.11 Å². The van der Waals surface area contributed by atoms with Gasteiger partial charge in [-0.2, -0.15) is 0 Å². The zero-order valence-electron chi connectivity index (χ0n) is 8.67. The second-order valence-corrected chi connectivity index (χ2v) is 4.64. The summed E-state index contributed by atoms with van der Waals surface area (Å²) in [5, 5.41) is 9.33. The van der Waals surface area contributed by atoms with E-state index in [0.717, 1.165) is 24.7 Å². The molecule has 1 aliphatic carbocycles. The van der Waals surface area contributed by atoms with E-state index < -0.39 is 12.8 Å². The van der Waals surface area contributed by atoms with E-state index >= 15 is 0 Å². The molecule has 1 nitrogen and oxygen atoms in total. The van der Waals surface area contributed by atoms with E-state index in [0.29, 0.717) is 0 Å². The van der Waals surface area contributed by atoms with E-state index in [2.05, 4.69) is 13.8 Å². The van der Waals surface area contributed by atoms with E-state index in [-0.39, 0.29) is 5.92 Å². The Morgan fingerprint density at radius 3 is 2.00 bits per heavy atom. The van der Waals surface area contributed by atoms with Gasteiger partial charge >= 0.3 is 0 Å². The smallest absolute Gasteiger partial charge is 0.116 e. The lowest BCUT2D eigenvalue weighted by molar-refractivity contribution is 0.0480. The molecule has 0 aliphatic heterocycles. The number of aliphatic hydroxyl groups is 1. The topological polar surface area (TPSA) is 20.2 Å². The van der Waals surface area contributed by atoms with E-state index in [4.69, 9.17) is 0 Å². The number of halogens is 1. The van der Waals surface area contributed by atoms with Crippen molar-refractivity contribution in [3.05, 3.63) is 0 Å². The summed E-state index contributed by atoms with van der Waals surface area (Å²) in [6.45, 7) is 3.92. The maximum atomic E-state index is 12.2. The Bertz CT molecular complexity index is 139. The lowest BCUT2D eigenvalue weighted by Crippen LogP contribution is -2.28. The van der Waals surface area contributed by atoms with Crippen LogP contribution < -0.4 is 0 Å². The molecule has 1 atom stereocenters. The van der Waals surface area contributed by atoms with Crippen LogP contribution in [-0.4, -0.2) is 17.9 Å². The SMILES string of the molecule is CC(C)C1CCC(C(O)CF)CC1. The lowest BCUT2D eigenvalue weighted by Gasteiger charge is -2.32. The van der Waals surface area contributed by atoms with Crippen molar-refractivity contribution in [2.45, 2.75) is 45.6 Å². The Hall–Kier alpha value is -0.110. The van der Waals surface area contributed by atoms with Crippen molar-refractivity contribution < 1.29 is 9.50 Å². The zero-order valence-corrected chi connectivity index (χ0v) is 8.67. The monoisotopic (exact) mass is 188 g/mol. The molecule has 0 aromatic rings. The zero-order chi connectivity index (χ0) is 9.84. The highest BCUT2D eigenvalue weighted by molar-refractivity contribution is 4.78. The number of aliphatic hydroxyl groups excluding tert-OH is 1. The van der Waals surface area contributed by atoms with Crippen LogP contribution in [0.3, 0.4) is 0 Å². The third-order valence-corrected chi connectivity index (χ3v) is 3.46. The van der Waals surface area contributed by atoms with Crippen LogP contribution in [0.25, 0.3) is 0 Å². The summed E-state index contributed by atoms with van der Waals surface area (Å²) in [7, 11) is 0. The first-order valence-electron chi connectivity index (χ1n) is 5.39. The van der Waals surface area contributed by atoms with E-state index in [1.54, 1.807) is 0 Å². The highest BCUT2D eigenvalue weighted by Gasteiger charge is 2.27. The summed E-state index contributed by atoms with van der Waals surface area (Å²) in [6.07, 6.45) is 3.65. The molecule has 0 spiro atoms. The summed E-state index contributed by atoms with van der Waals surface area (Å²) < 4.78 is 12.2. The maximum Gasteiger partial charge on any atom is 0.116 e. The molecule has 2 heteroatoms. The van der Waals surface area contributed by atoms with Crippen LogP contribution in [-0.2, 0) is 0 Å². The molecular weight excluding hydrogens is 167 g/mol. The summed E-state index contributed by atoms with van der Waals surface area (Å²) >= 11 is 0. The highest BCUT2D eigenvalue weighted by atomic mass is 19.1. The fourth-order valence-electron chi connectivity index (χ4n) is 2.32. The van der Waals surface area contributed by atoms with E-state index in [1.165, 1.54) is 12.8 Å². The Kier molecular flexibility index (Phi) is 4.17. The molecule has 0 radical (unpaired) electrons. The fourth-order valence-corrected chi connectivity index (χ4v) is 2.32. The summed E-state index contributed by atoms with van der Waals surface area (Å²) in [6, 6.07) is 0. The lowest BCUT2D eigenvalue weighted by atomic mass is 9.75. The van der Waals surface area contributed by atoms with Gasteiger partial charge in [0.05, 0.1) is 6.10 Å². The van der Waals surface area contributed by atoms with Crippen LogP contribution in [0, 0.1) is 17.8 Å². The molecule has 0 bridgehead atoms. The molecule has 0 amide bonds. The standard InChI is InChI=1S/C11H21FO/c1-8(2)9-3-5-10(6-4-9)11(13)7-12/h8-11,13H,3-7H2,1-2H3. The van der Waals surface area contributed by atoms with Gasteiger partial charge in [0.25, 0.3) is 0 Å². The van der Waals surface area contributed by atoms with Gasteiger partial charge in [-0.1, -0.05) is 13.8 Å². The van der Waals surface area contributed by atoms with Gasteiger partial charge in [0.1, 0.15) is 6.67 Å². The second kappa shape index (κ2) is 4.94. The van der Waals surface area contributed by atoms with Crippen LogP contribution in [0.2, 0.25) is 0 Å². The highest BCUT2D eigenvalue weighted by Crippen LogP contribution is 2.34. The van der Waals surface area contributed by atoms with Crippen LogP contribution >= 0.6 is 0 Å². The molecule has 0 saturated heterocycles. The molecule has 13 heavy (non-hydrogen) atoms. The Labute approximate surface area is 80.3 Å². The summed E-state index contributed by atoms with van der Waals surface area (Å²) in [5.41, 5.74) is 0. The average Bonchev–Trinajstić information content (AvgIpc) is 2.17. The number of alkyl halides is 1. The minimum Gasteiger partial charge on any atom is -0.390 e. The summed E-state index contributed by atoms with van der Waals surface area (Å²) in [4.78, 5) is 0. The van der Waals surface area contributed by atoms with Gasteiger partial charge in [0.15, 0.2) is 0 Å². The quantitative estimate of drug-likeness (QED) is 0.722. The fraction of sp³-hybridized carbons (Fsp3) is 1.00. The van der Waals surface area contributed by atoms with Crippen molar-refractivity contribution in [3.63, 3.8) is 0 Å². The molecule has 1 fully saturated rings. The second-order valence-electron chi connectivity index (χ2n) is 4.64. The maximum absolute atomic E-state index is 12.2. The molecule has 0 heterocycles. The molecule has 1 saturated carbocycles. The van der Waals surface area contributed by atoms with Crippen molar-refractivity contribution in [2.24, 2.45) is 17.8 Å². The van der Waals surface area contributed by atoms with Crippen LogP contribution in [0.15, 0.2) is 0 Å². The molecule has 78 valence electrons. The van der Waals surface area contributed by atoms with E-state index in [9.17, 15) is 9.50 Å². The van der Waals surface area contributed by atoms with Crippen molar-refractivity contribution in [1.29, 1.82) is 0 Å². The number of hydrogen-bond acceptors (Lipinski definition) is 1. The third kappa shape index (κ3) is 2.94. The Morgan fingerprint density at radius 1 is 1.15 bits per heavy atom. The van der Waals surface area contributed by atoms with Gasteiger partial charge in [-0.05, 0) is 43.4 Å². The van der Waals surface area contributed by atoms with Gasteiger partial charge in [0.2, 0.25) is 0 Å². The predicted octanol–water partition coefficient (Wildman–Crippen LogP) is 2.78. The minimum absolute atomic E-state index is 0.222. The van der Waals surface area contributed by atoms with Gasteiger partial charge in [-0.25, -0.2) is 4.39 Å². The van der Waals surface area contributed by atoms with Crippen LogP contribution in [0.5, 0.6) is 0 Å². The van der Waals surface area contributed by atoms with Crippen molar-refractivity contribution in [2.75, 3.05) is 6.67 Å². The molecule has 1 unspecified atom stereocenters. The number of rotatable bonds is 3. The first-order chi connectivity index (χ1) is 6.15. The molecule has 1 aliphatic rings. The largest absolute Gasteiger partial charge is 0.390 e. The van der Waals surface area contributed by atoms with Crippen molar-refractivity contribution in [3.8, 4) is 0 Å². The first kappa shape index (κ1) is 11.0. The first-order valence-corrected chi connectivity index (χ1v) is 5.39. The molecule has 1 N–H and O–H groups in total. The Balaban J connectivity index is 2.30. The molecule has 1 rings (SSSR count). The number of hydrogen-bond donors (Lipinski definition) is 1. The van der Waals surface area contributed by atoms with Gasteiger partial charge in [-0.15, -0.1) is 0 Å². The predicted molar refractivity (Wildman–Crippen MR) is 52.3 cm³/mol.